The third-order valence-corrected chi connectivity index (χ3v) is 7.91. The standard InChI is InChI=1S/C28H30FN5O/c1-33-12-14-34(15-13-33)28(9-10-28)21-5-2-18(3-6-21)23-17-24(26(30)32-25(23)29)19-4-7-22-20(16-19)8-11-31-27(22)35/h2-7,16-17H,8-15H2,1H3,(H2,30,32)(H,31,35). The number of hydrogen-bond acceptors (Lipinski definition) is 5. The number of carbonyl (C=O) groups excluding carboxylic acids is 1. The quantitative estimate of drug-likeness (QED) is 0.568. The summed E-state index contributed by atoms with van der Waals surface area (Å²) in [7, 11) is 2.18. The van der Waals surface area contributed by atoms with Gasteiger partial charge in [0, 0.05) is 55.0 Å². The lowest BCUT2D eigenvalue weighted by Crippen LogP contribution is -2.49. The molecule has 0 spiro atoms. The zero-order chi connectivity index (χ0) is 24.2. The maximum absolute atomic E-state index is 15.0. The van der Waals surface area contributed by atoms with Gasteiger partial charge in [0.15, 0.2) is 0 Å². The van der Waals surface area contributed by atoms with Crippen LogP contribution in [0.15, 0.2) is 48.5 Å². The van der Waals surface area contributed by atoms with Crippen LogP contribution < -0.4 is 11.1 Å². The number of nitrogens with two attached hydrogens (primary N) is 1. The Bertz CT molecular complexity index is 1290. The van der Waals surface area contributed by atoms with E-state index in [0.717, 1.165) is 49.3 Å². The molecule has 3 aromatic rings. The molecule has 0 radical (unpaired) electrons. The van der Waals surface area contributed by atoms with Gasteiger partial charge in [-0.2, -0.15) is 4.39 Å². The second-order valence-corrected chi connectivity index (χ2v) is 10.0. The number of pyridine rings is 1. The summed E-state index contributed by atoms with van der Waals surface area (Å²) in [6.07, 6.45) is 3.11. The number of nitrogens with zero attached hydrogens (tertiary/aromatic N) is 3. The molecule has 35 heavy (non-hydrogen) atoms. The van der Waals surface area contributed by atoms with Gasteiger partial charge in [0.25, 0.3) is 5.91 Å². The highest BCUT2D eigenvalue weighted by molar-refractivity contribution is 5.97. The normalized spacial score (nSPS) is 19.8. The molecule has 0 unspecified atom stereocenters. The first-order chi connectivity index (χ1) is 16.9. The average molecular weight is 472 g/mol. The molecule has 1 aliphatic carbocycles. The fourth-order valence-electron chi connectivity index (χ4n) is 5.63. The second-order valence-electron chi connectivity index (χ2n) is 10.0. The Kier molecular flexibility index (Phi) is 5.34. The number of amides is 1. The van der Waals surface area contributed by atoms with E-state index in [4.69, 9.17) is 5.73 Å². The van der Waals surface area contributed by atoms with Crippen molar-refractivity contribution in [1.82, 2.24) is 20.1 Å². The van der Waals surface area contributed by atoms with Gasteiger partial charge in [0.05, 0.1) is 0 Å². The van der Waals surface area contributed by atoms with E-state index in [1.54, 1.807) is 6.07 Å². The van der Waals surface area contributed by atoms with E-state index < -0.39 is 5.95 Å². The Labute approximate surface area is 204 Å². The monoisotopic (exact) mass is 471 g/mol. The van der Waals surface area contributed by atoms with Crippen LogP contribution in [0.3, 0.4) is 0 Å². The van der Waals surface area contributed by atoms with Crippen LogP contribution in [0, 0.1) is 5.95 Å². The number of benzene rings is 2. The molecular weight excluding hydrogens is 441 g/mol. The highest BCUT2D eigenvalue weighted by atomic mass is 19.1. The van der Waals surface area contributed by atoms with Gasteiger partial charge >= 0.3 is 0 Å². The zero-order valence-corrected chi connectivity index (χ0v) is 20.0. The summed E-state index contributed by atoms with van der Waals surface area (Å²) in [5.41, 5.74) is 12.0. The third-order valence-electron chi connectivity index (χ3n) is 7.91. The van der Waals surface area contributed by atoms with Gasteiger partial charge in [-0.25, -0.2) is 4.98 Å². The number of rotatable bonds is 4. The molecule has 1 saturated heterocycles. The van der Waals surface area contributed by atoms with Gasteiger partial charge in [0.2, 0.25) is 5.95 Å². The molecule has 2 aliphatic heterocycles. The SMILES string of the molecule is CN1CCN(C2(c3ccc(-c4cc(-c5ccc6c(c5)CCNC6=O)c(N)nc4F)cc3)CC2)CC1. The summed E-state index contributed by atoms with van der Waals surface area (Å²) in [6.45, 7) is 4.97. The molecule has 3 aliphatic rings. The zero-order valence-electron chi connectivity index (χ0n) is 20.0. The number of nitrogen functional groups attached to an aromatic ring is 1. The van der Waals surface area contributed by atoms with E-state index in [-0.39, 0.29) is 17.3 Å². The van der Waals surface area contributed by atoms with Crippen LogP contribution in [0.1, 0.15) is 34.3 Å². The Morgan fingerprint density at radius 1 is 0.943 bits per heavy atom. The van der Waals surface area contributed by atoms with Gasteiger partial charge in [-0.3, -0.25) is 9.69 Å². The third kappa shape index (κ3) is 3.89. The van der Waals surface area contributed by atoms with Crippen molar-refractivity contribution in [1.29, 1.82) is 0 Å². The van der Waals surface area contributed by atoms with E-state index in [0.29, 0.717) is 23.2 Å². The number of hydrogen-bond donors (Lipinski definition) is 2. The molecule has 2 aromatic carbocycles. The Morgan fingerprint density at radius 3 is 2.37 bits per heavy atom. The minimum atomic E-state index is -0.573. The second kappa shape index (κ2) is 8.43. The molecule has 180 valence electrons. The van der Waals surface area contributed by atoms with Crippen LogP contribution in [-0.4, -0.2) is 60.5 Å². The van der Waals surface area contributed by atoms with Crippen molar-refractivity contribution in [2.45, 2.75) is 24.8 Å². The molecule has 1 aromatic heterocycles. The van der Waals surface area contributed by atoms with Crippen molar-refractivity contribution in [2.24, 2.45) is 0 Å². The van der Waals surface area contributed by atoms with Gasteiger partial charge in [-0.05, 0) is 60.7 Å². The van der Waals surface area contributed by atoms with Crippen molar-refractivity contribution in [3.63, 3.8) is 0 Å². The number of nitrogens with one attached hydrogen (secondary N) is 1. The van der Waals surface area contributed by atoms with Gasteiger partial charge in [-0.15, -0.1) is 0 Å². The maximum atomic E-state index is 15.0. The van der Waals surface area contributed by atoms with E-state index in [1.165, 1.54) is 18.4 Å². The smallest absolute Gasteiger partial charge is 0.251 e. The molecule has 2 fully saturated rings. The highest BCUT2D eigenvalue weighted by Crippen LogP contribution is 2.51. The lowest BCUT2D eigenvalue weighted by molar-refractivity contribution is 0.0946. The summed E-state index contributed by atoms with van der Waals surface area (Å²) < 4.78 is 15.0. The summed E-state index contributed by atoms with van der Waals surface area (Å²) in [5.74, 6) is -0.486. The van der Waals surface area contributed by atoms with Crippen molar-refractivity contribution in [3.05, 3.63) is 71.2 Å². The molecule has 1 amide bonds. The lowest BCUT2D eigenvalue weighted by Gasteiger charge is -2.38. The van der Waals surface area contributed by atoms with Crippen LogP contribution in [0.2, 0.25) is 0 Å². The largest absolute Gasteiger partial charge is 0.383 e. The highest BCUT2D eigenvalue weighted by Gasteiger charge is 2.49. The fourth-order valence-corrected chi connectivity index (χ4v) is 5.63. The number of anilines is 1. The summed E-state index contributed by atoms with van der Waals surface area (Å²) in [5, 5.41) is 2.86. The average Bonchev–Trinajstić information content (AvgIpc) is 3.67. The van der Waals surface area contributed by atoms with Crippen LogP contribution >= 0.6 is 0 Å². The molecule has 3 heterocycles. The minimum absolute atomic E-state index is 0.0613. The van der Waals surface area contributed by atoms with Crippen molar-refractivity contribution < 1.29 is 9.18 Å². The number of aromatic nitrogens is 1. The van der Waals surface area contributed by atoms with Crippen LogP contribution in [0.25, 0.3) is 22.3 Å². The summed E-state index contributed by atoms with van der Waals surface area (Å²) >= 11 is 0. The molecule has 0 bridgehead atoms. The molecule has 6 rings (SSSR count). The topological polar surface area (TPSA) is 74.5 Å². The number of likely N-dealkylation sites (N-methyl/N-ethyl adjacent to an activating group) is 1. The Morgan fingerprint density at radius 2 is 1.66 bits per heavy atom. The number of piperazine rings is 1. The van der Waals surface area contributed by atoms with Crippen LogP contribution in [-0.2, 0) is 12.0 Å². The Hall–Kier alpha value is -3.29. The molecule has 6 nitrogen and oxygen atoms in total. The fraction of sp³-hybridized carbons (Fsp3) is 0.357. The van der Waals surface area contributed by atoms with E-state index >= 15 is 0 Å². The van der Waals surface area contributed by atoms with Crippen molar-refractivity contribution in [3.8, 4) is 22.3 Å². The summed E-state index contributed by atoms with van der Waals surface area (Å²) in [4.78, 5) is 21.1. The van der Waals surface area contributed by atoms with Gasteiger partial charge in [-0.1, -0.05) is 36.4 Å². The van der Waals surface area contributed by atoms with Crippen molar-refractivity contribution in [2.75, 3.05) is 45.5 Å². The molecule has 3 N–H and O–H groups in total. The van der Waals surface area contributed by atoms with Crippen LogP contribution in [0.5, 0.6) is 0 Å². The Balaban J connectivity index is 1.31. The minimum Gasteiger partial charge on any atom is -0.383 e. The van der Waals surface area contributed by atoms with Crippen LogP contribution in [0.4, 0.5) is 10.2 Å². The molecule has 0 atom stereocenters. The molecule has 7 heteroatoms. The van der Waals surface area contributed by atoms with Crippen molar-refractivity contribution >= 4 is 11.7 Å². The predicted molar refractivity (Wildman–Crippen MR) is 135 cm³/mol. The number of halogens is 1. The number of fused-ring (bicyclic) bond motifs is 1. The van der Waals surface area contributed by atoms with Gasteiger partial charge in [0.1, 0.15) is 5.82 Å². The first kappa shape index (κ1) is 22.2. The van der Waals surface area contributed by atoms with E-state index in [2.05, 4.69) is 39.3 Å². The lowest BCUT2D eigenvalue weighted by atomic mass is 9.93. The van der Waals surface area contributed by atoms with E-state index in [1.807, 2.05) is 30.3 Å². The first-order valence-corrected chi connectivity index (χ1v) is 12.4. The van der Waals surface area contributed by atoms with E-state index in [9.17, 15) is 9.18 Å². The maximum Gasteiger partial charge on any atom is 0.251 e. The van der Waals surface area contributed by atoms with Gasteiger partial charge < -0.3 is 16.0 Å². The summed E-state index contributed by atoms with van der Waals surface area (Å²) in [6, 6.07) is 15.7. The first-order valence-electron chi connectivity index (χ1n) is 12.4. The predicted octanol–water partition coefficient (Wildman–Crippen LogP) is 3.66. The molecular formula is C28H30FN5O. The number of carbonyl (C=O) groups is 1. The molecule has 1 saturated carbocycles.